The number of phosphoric ester groups is 1. The third-order valence-corrected chi connectivity index (χ3v) is 6.02. The normalized spacial score (nSPS) is 13.9. The molecule has 0 saturated heterocycles. The van der Waals surface area contributed by atoms with E-state index in [0.29, 0.717) is 6.42 Å². The third kappa shape index (κ3) is 22.6. The molecule has 33 heavy (non-hydrogen) atoms. The van der Waals surface area contributed by atoms with Crippen LogP contribution in [-0.4, -0.2) is 54.3 Å². The van der Waals surface area contributed by atoms with Crippen molar-refractivity contribution in [1.29, 1.82) is 0 Å². The molecule has 0 spiro atoms. The lowest BCUT2D eigenvalue weighted by Crippen LogP contribution is -2.27. The van der Waals surface area contributed by atoms with Crippen molar-refractivity contribution in [2.45, 2.75) is 110 Å². The summed E-state index contributed by atoms with van der Waals surface area (Å²) in [5.41, 5.74) is 0. The van der Waals surface area contributed by atoms with Crippen LogP contribution in [0.3, 0.4) is 0 Å². The number of carbonyl (C=O) groups excluding carboxylic acids is 2. The molecule has 0 fully saturated rings. The Morgan fingerprint density at radius 3 is 1.97 bits per heavy atom. The highest BCUT2D eigenvalue weighted by Gasteiger charge is 2.23. The fourth-order valence-corrected chi connectivity index (χ4v) is 3.84. The Labute approximate surface area is 199 Å². The number of unbranched alkanes of at least 4 members (excludes halogenated alkanes) is 10. The molecular formula is C23H46NO8P. The number of aliphatic hydroxyl groups is 1. The summed E-state index contributed by atoms with van der Waals surface area (Å²) >= 11 is 0. The number of esters is 1. The van der Waals surface area contributed by atoms with Gasteiger partial charge in [0.05, 0.1) is 13.2 Å². The predicted octanol–water partition coefficient (Wildman–Crippen LogP) is 4.64. The summed E-state index contributed by atoms with van der Waals surface area (Å²) in [5, 5.41) is 12.4. The molecule has 0 heterocycles. The van der Waals surface area contributed by atoms with Crippen molar-refractivity contribution in [2.75, 3.05) is 26.4 Å². The van der Waals surface area contributed by atoms with Gasteiger partial charge in [0.15, 0.2) is 0 Å². The van der Waals surface area contributed by atoms with E-state index in [-0.39, 0.29) is 32.1 Å². The summed E-state index contributed by atoms with van der Waals surface area (Å²) in [6.45, 7) is 3.36. The molecule has 3 N–H and O–H groups in total. The van der Waals surface area contributed by atoms with Gasteiger partial charge in [0.2, 0.25) is 5.91 Å². The largest absolute Gasteiger partial charge is 0.472 e. The van der Waals surface area contributed by atoms with E-state index in [9.17, 15) is 24.2 Å². The van der Waals surface area contributed by atoms with Crippen molar-refractivity contribution in [2.24, 2.45) is 0 Å². The molecule has 1 amide bonds. The lowest BCUT2D eigenvalue weighted by atomic mass is 10.1. The first kappa shape index (κ1) is 32.0. The van der Waals surface area contributed by atoms with Crippen molar-refractivity contribution in [3.05, 3.63) is 0 Å². The van der Waals surface area contributed by atoms with Gasteiger partial charge in [0, 0.05) is 19.4 Å². The van der Waals surface area contributed by atoms with Gasteiger partial charge in [-0.25, -0.2) is 4.57 Å². The molecule has 0 aliphatic carbocycles. The van der Waals surface area contributed by atoms with E-state index in [1.807, 2.05) is 0 Å². The van der Waals surface area contributed by atoms with Crippen molar-refractivity contribution in [3.63, 3.8) is 0 Å². The van der Waals surface area contributed by atoms with Gasteiger partial charge in [-0.2, -0.15) is 0 Å². The Balaban J connectivity index is 3.74. The van der Waals surface area contributed by atoms with Crippen LogP contribution < -0.4 is 5.32 Å². The Morgan fingerprint density at radius 2 is 1.36 bits per heavy atom. The van der Waals surface area contributed by atoms with Gasteiger partial charge in [0.25, 0.3) is 0 Å². The van der Waals surface area contributed by atoms with Crippen LogP contribution in [0.4, 0.5) is 0 Å². The molecule has 0 radical (unpaired) electrons. The number of hydrogen-bond acceptors (Lipinski definition) is 7. The second-order valence-electron chi connectivity index (χ2n) is 8.32. The van der Waals surface area contributed by atoms with Gasteiger partial charge in [-0.15, -0.1) is 0 Å². The van der Waals surface area contributed by atoms with Crippen LogP contribution in [0.5, 0.6) is 0 Å². The molecule has 9 nitrogen and oxygen atoms in total. The molecule has 0 aromatic heterocycles. The monoisotopic (exact) mass is 495 g/mol. The molecule has 0 aliphatic heterocycles. The Kier molecular flexibility index (Phi) is 20.9. The number of amides is 1. The SMILES string of the molecule is CCCCCCCCC(=O)NCCOP(=O)(O)OCC(O)COC(=O)CCCCCCCC. The van der Waals surface area contributed by atoms with Crippen LogP contribution >= 0.6 is 7.82 Å². The maximum absolute atomic E-state index is 11.8. The zero-order valence-corrected chi connectivity index (χ0v) is 21.5. The van der Waals surface area contributed by atoms with E-state index in [4.69, 9.17) is 13.8 Å². The second-order valence-corrected chi connectivity index (χ2v) is 9.77. The molecule has 2 unspecified atom stereocenters. The van der Waals surface area contributed by atoms with E-state index >= 15 is 0 Å². The van der Waals surface area contributed by atoms with Crippen LogP contribution in [0.2, 0.25) is 0 Å². The van der Waals surface area contributed by atoms with Crippen molar-refractivity contribution >= 4 is 19.7 Å². The highest BCUT2D eigenvalue weighted by molar-refractivity contribution is 7.47. The molecule has 0 bridgehead atoms. The van der Waals surface area contributed by atoms with E-state index in [2.05, 4.69) is 19.2 Å². The Hall–Kier alpha value is -0.990. The lowest BCUT2D eigenvalue weighted by molar-refractivity contribution is -0.147. The highest BCUT2D eigenvalue weighted by atomic mass is 31.2. The molecule has 196 valence electrons. The van der Waals surface area contributed by atoms with E-state index < -0.39 is 26.5 Å². The van der Waals surface area contributed by atoms with Crippen LogP contribution in [-0.2, 0) is 27.9 Å². The van der Waals surface area contributed by atoms with Crippen LogP contribution in [0.1, 0.15) is 104 Å². The molecule has 0 aromatic rings. The van der Waals surface area contributed by atoms with Gasteiger partial charge >= 0.3 is 13.8 Å². The fraction of sp³-hybridized carbons (Fsp3) is 0.913. The number of nitrogens with one attached hydrogen (secondary N) is 1. The second kappa shape index (κ2) is 21.5. The lowest BCUT2D eigenvalue weighted by Gasteiger charge is -2.15. The third-order valence-electron chi connectivity index (χ3n) is 5.04. The highest BCUT2D eigenvalue weighted by Crippen LogP contribution is 2.42. The standard InChI is InChI=1S/C23H46NO8P/c1-3-5-7-9-11-13-15-22(26)24-17-18-31-33(28,29)32-20-21(25)19-30-23(27)16-14-12-10-8-6-4-2/h21,25H,3-20H2,1-2H3,(H,24,26)(H,28,29). The molecule has 0 rings (SSSR count). The smallest absolute Gasteiger partial charge is 0.463 e. The first-order valence-corrected chi connectivity index (χ1v) is 14.0. The first-order chi connectivity index (χ1) is 15.8. The molecule has 0 saturated carbocycles. The van der Waals surface area contributed by atoms with Crippen molar-refractivity contribution in [3.8, 4) is 0 Å². The number of hydrogen-bond donors (Lipinski definition) is 3. The average Bonchev–Trinajstić information content (AvgIpc) is 2.78. The van der Waals surface area contributed by atoms with Crippen LogP contribution in [0.15, 0.2) is 0 Å². The van der Waals surface area contributed by atoms with Crippen molar-refractivity contribution < 1.29 is 37.9 Å². The molecular weight excluding hydrogens is 449 g/mol. The topological polar surface area (TPSA) is 131 Å². The zero-order valence-electron chi connectivity index (χ0n) is 20.6. The average molecular weight is 496 g/mol. The van der Waals surface area contributed by atoms with Gasteiger partial charge in [-0.05, 0) is 12.8 Å². The minimum atomic E-state index is -4.37. The summed E-state index contributed by atoms with van der Waals surface area (Å²) in [5.74, 6) is -0.536. The number of phosphoric acid groups is 1. The Morgan fingerprint density at radius 1 is 0.818 bits per heavy atom. The zero-order chi connectivity index (χ0) is 24.8. The van der Waals surface area contributed by atoms with E-state index in [1.54, 1.807) is 0 Å². The number of rotatable bonds is 23. The molecule has 10 heteroatoms. The summed E-state index contributed by atoms with van der Waals surface area (Å²) in [6, 6.07) is 0. The predicted molar refractivity (Wildman–Crippen MR) is 128 cm³/mol. The Bertz CT molecular complexity index is 547. The minimum Gasteiger partial charge on any atom is -0.463 e. The summed E-state index contributed by atoms with van der Waals surface area (Å²) in [4.78, 5) is 33.0. The summed E-state index contributed by atoms with van der Waals surface area (Å²) in [7, 11) is -4.37. The maximum Gasteiger partial charge on any atom is 0.472 e. The number of carbonyl (C=O) groups is 2. The fourth-order valence-electron chi connectivity index (χ4n) is 3.08. The van der Waals surface area contributed by atoms with Gasteiger partial charge in [0.1, 0.15) is 12.7 Å². The minimum absolute atomic E-state index is 0.0845. The summed E-state index contributed by atoms with van der Waals surface area (Å²) < 4.78 is 26.3. The molecule has 0 aliphatic rings. The summed E-state index contributed by atoms with van der Waals surface area (Å²) in [6.07, 6.45) is 12.3. The van der Waals surface area contributed by atoms with Gasteiger partial charge in [-0.1, -0.05) is 78.1 Å². The molecule has 2 atom stereocenters. The van der Waals surface area contributed by atoms with Gasteiger partial charge in [-0.3, -0.25) is 18.6 Å². The van der Waals surface area contributed by atoms with E-state index in [1.165, 1.54) is 32.1 Å². The van der Waals surface area contributed by atoms with Crippen LogP contribution in [0.25, 0.3) is 0 Å². The maximum atomic E-state index is 11.8. The molecule has 0 aromatic carbocycles. The van der Waals surface area contributed by atoms with E-state index in [0.717, 1.165) is 44.9 Å². The first-order valence-electron chi connectivity index (χ1n) is 12.5. The van der Waals surface area contributed by atoms with Gasteiger partial charge < -0.3 is 20.1 Å². The number of ether oxygens (including phenoxy) is 1. The quantitative estimate of drug-likeness (QED) is 0.106. The number of aliphatic hydroxyl groups excluding tert-OH is 1. The van der Waals surface area contributed by atoms with Crippen LogP contribution in [0, 0.1) is 0 Å². The van der Waals surface area contributed by atoms with Crippen molar-refractivity contribution in [1.82, 2.24) is 5.32 Å².